The van der Waals surface area contributed by atoms with Gasteiger partial charge in [-0.2, -0.15) is 0 Å². The van der Waals surface area contributed by atoms with E-state index < -0.39 is 4.92 Å². The maximum absolute atomic E-state index is 10.6. The fourth-order valence-electron chi connectivity index (χ4n) is 1.51. The molecule has 0 N–H and O–H groups in total. The van der Waals surface area contributed by atoms with E-state index in [0.717, 1.165) is 12.8 Å². The predicted molar refractivity (Wildman–Crippen MR) is 64.1 cm³/mol. The van der Waals surface area contributed by atoms with Gasteiger partial charge in [-0.1, -0.05) is 15.9 Å². The van der Waals surface area contributed by atoms with E-state index >= 15 is 0 Å². The molecule has 1 aliphatic carbocycles. The molecule has 4 nitrogen and oxygen atoms in total. The average Bonchev–Trinajstić information content (AvgIpc) is 2.14. The van der Waals surface area contributed by atoms with Crippen LogP contribution < -0.4 is 4.74 Å². The van der Waals surface area contributed by atoms with Crippen LogP contribution in [0.4, 0.5) is 5.69 Å². The van der Waals surface area contributed by atoms with Crippen molar-refractivity contribution >= 4 is 33.2 Å². The number of nitrogens with zero attached hydrogens (tertiary/aromatic N) is 1. The van der Waals surface area contributed by atoms with Crippen LogP contribution >= 0.6 is 27.5 Å². The summed E-state index contributed by atoms with van der Waals surface area (Å²) < 4.78 is 6.21. The topological polar surface area (TPSA) is 52.4 Å². The highest BCUT2D eigenvalue weighted by Gasteiger charge is 2.29. The predicted octanol–water partition coefficient (Wildman–Crippen LogP) is 3.51. The molecule has 1 aromatic rings. The third-order valence-electron chi connectivity index (χ3n) is 2.41. The molecule has 0 unspecified atom stereocenters. The smallest absolute Gasteiger partial charge is 0.274 e. The molecule has 86 valence electrons. The Labute approximate surface area is 106 Å². The summed E-state index contributed by atoms with van der Waals surface area (Å²) in [6.07, 6.45) is 1.67. The van der Waals surface area contributed by atoms with Gasteiger partial charge in [0.25, 0.3) is 5.69 Å². The van der Waals surface area contributed by atoms with Gasteiger partial charge in [0.05, 0.1) is 11.0 Å². The SMILES string of the molecule is O=[N+]([O-])c1cc(Br)cc(OC2CC(Cl)C2)c1. The van der Waals surface area contributed by atoms with Gasteiger partial charge in [0.2, 0.25) is 0 Å². The van der Waals surface area contributed by atoms with Crippen molar-refractivity contribution in [2.75, 3.05) is 0 Å². The molecule has 0 amide bonds. The van der Waals surface area contributed by atoms with Crippen LogP contribution in [-0.2, 0) is 0 Å². The molecule has 0 bridgehead atoms. The van der Waals surface area contributed by atoms with Crippen LogP contribution in [0.5, 0.6) is 5.75 Å². The lowest BCUT2D eigenvalue weighted by atomic mass is 9.95. The number of alkyl halides is 1. The van der Waals surface area contributed by atoms with Crippen LogP contribution in [0.15, 0.2) is 22.7 Å². The number of benzene rings is 1. The molecule has 0 aliphatic heterocycles. The lowest BCUT2D eigenvalue weighted by Gasteiger charge is -2.31. The molecule has 0 atom stereocenters. The quantitative estimate of drug-likeness (QED) is 0.488. The van der Waals surface area contributed by atoms with Crippen molar-refractivity contribution in [3.05, 3.63) is 32.8 Å². The summed E-state index contributed by atoms with van der Waals surface area (Å²) in [5.41, 5.74) is 0.0196. The van der Waals surface area contributed by atoms with Crippen molar-refractivity contribution in [1.82, 2.24) is 0 Å². The summed E-state index contributed by atoms with van der Waals surface area (Å²) >= 11 is 9.04. The van der Waals surface area contributed by atoms with Gasteiger partial charge in [-0.05, 0) is 6.07 Å². The van der Waals surface area contributed by atoms with Gasteiger partial charge in [0.1, 0.15) is 11.9 Å². The van der Waals surface area contributed by atoms with E-state index in [1.807, 2.05) is 0 Å². The Balaban J connectivity index is 2.11. The molecule has 1 fully saturated rings. The van der Waals surface area contributed by atoms with Gasteiger partial charge in [-0.3, -0.25) is 10.1 Å². The first kappa shape index (κ1) is 11.7. The standard InChI is InChI=1S/C10H9BrClNO3/c11-6-1-8(13(14)15)5-9(2-6)16-10-3-7(12)4-10/h1-2,5,7,10H,3-4H2. The second-order valence-corrected chi connectivity index (χ2v) is 5.24. The van der Waals surface area contributed by atoms with Gasteiger partial charge < -0.3 is 4.74 Å². The fourth-order valence-corrected chi connectivity index (χ4v) is 2.37. The number of hydrogen-bond acceptors (Lipinski definition) is 3. The molecule has 16 heavy (non-hydrogen) atoms. The minimum Gasteiger partial charge on any atom is -0.490 e. The fraction of sp³-hybridized carbons (Fsp3) is 0.400. The summed E-state index contributed by atoms with van der Waals surface area (Å²) in [6.45, 7) is 0. The first-order valence-corrected chi connectivity index (χ1v) is 6.03. The molecule has 0 heterocycles. The lowest BCUT2D eigenvalue weighted by molar-refractivity contribution is -0.385. The summed E-state index contributed by atoms with van der Waals surface area (Å²) in [5, 5.41) is 10.8. The van der Waals surface area contributed by atoms with E-state index in [2.05, 4.69) is 15.9 Å². The molecule has 6 heteroatoms. The molecule has 1 aromatic carbocycles. The molecule has 0 spiro atoms. The van der Waals surface area contributed by atoms with Crippen molar-refractivity contribution in [2.24, 2.45) is 0 Å². The Kier molecular flexibility index (Phi) is 3.35. The summed E-state index contributed by atoms with van der Waals surface area (Å²) in [5.74, 6) is 0.509. The maximum atomic E-state index is 10.6. The van der Waals surface area contributed by atoms with Crippen molar-refractivity contribution in [3.63, 3.8) is 0 Å². The van der Waals surface area contributed by atoms with Crippen LogP contribution in [0.3, 0.4) is 0 Å². The van der Waals surface area contributed by atoms with E-state index in [4.69, 9.17) is 16.3 Å². The monoisotopic (exact) mass is 305 g/mol. The number of nitro groups is 1. The largest absolute Gasteiger partial charge is 0.490 e. The lowest BCUT2D eigenvalue weighted by Crippen LogP contribution is -2.34. The normalized spacial score (nSPS) is 23.6. The summed E-state index contributed by atoms with van der Waals surface area (Å²) in [6, 6.07) is 4.58. The van der Waals surface area contributed by atoms with E-state index in [1.165, 1.54) is 12.1 Å². The van der Waals surface area contributed by atoms with Gasteiger partial charge in [-0.25, -0.2) is 0 Å². The second-order valence-electron chi connectivity index (χ2n) is 3.71. The van der Waals surface area contributed by atoms with Crippen molar-refractivity contribution in [1.29, 1.82) is 0 Å². The summed E-state index contributed by atoms with van der Waals surface area (Å²) in [7, 11) is 0. The van der Waals surface area contributed by atoms with E-state index in [-0.39, 0.29) is 17.2 Å². The van der Waals surface area contributed by atoms with E-state index in [9.17, 15) is 10.1 Å². The molecule has 0 aromatic heterocycles. The first-order valence-electron chi connectivity index (χ1n) is 4.80. The van der Waals surface area contributed by atoms with Gasteiger partial charge >= 0.3 is 0 Å². The molecule has 0 saturated heterocycles. The Bertz CT molecular complexity index is 421. The highest BCUT2D eigenvalue weighted by atomic mass is 79.9. The van der Waals surface area contributed by atoms with Crippen LogP contribution in [0, 0.1) is 10.1 Å². The van der Waals surface area contributed by atoms with Crippen LogP contribution in [0.25, 0.3) is 0 Å². The van der Waals surface area contributed by atoms with Crippen molar-refractivity contribution in [2.45, 2.75) is 24.3 Å². The minimum atomic E-state index is -0.442. The molecule has 1 saturated carbocycles. The Morgan fingerprint density at radius 3 is 2.69 bits per heavy atom. The van der Waals surface area contributed by atoms with E-state index in [1.54, 1.807) is 6.07 Å². The van der Waals surface area contributed by atoms with E-state index in [0.29, 0.717) is 10.2 Å². The van der Waals surface area contributed by atoms with Gasteiger partial charge in [-0.15, -0.1) is 11.6 Å². The Hall–Kier alpha value is -0.810. The Morgan fingerprint density at radius 2 is 2.12 bits per heavy atom. The third kappa shape index (κ3) is 2.65. The number of rotatable bonds is 3. The van der Waals surface area contributed by atoms with Crippen molar-refractivity contribution in [3.8, 4) is 5.75 Å². The molecule has 2 rings (SSSR count). The summed E-state index contributed by atoms with van der Waals surface area (Å²) in [4.78, 5) is 10.2. The molecular formula is C10H9BrClNO3. The van der Waals surface area contributed by atoms with Crippen LogP contribution in [0.2, 0.25) is 0 Å². The number of halogens is 2. The zero-order valence-corrected chi connectivity index (χ0v) is 10.6. The van der Waals surface area contributed by atoms with Crippen LogP contribution in [-0.4, -0.2) is 16.4 Å². The minimum absolute atomic E-state index is 0.0196. The zero-order valence-electron chi connectivity index (χ0n) is 8.23. The third-order valence-corrected chi connectivity index (χ3v) is 3.22. The Morgan fingerprint density at radius 1 is 1.44 bits per heavy atom. The number of nitro benzene ring substituents is 1. The first-order chi connectivity index (χ1) is 7.54. The van der Waals surface area contributed by atoms with Crippen LogP contribution in [0.1, 0.15) is 12.8 Å². The van der Waals surface area contributed by atoms with Gasteiger partial charge in [0, 0.05) is 28.8 Å². The average molecular weight is 307 g/mol. The number of non-ortho nitro benzene ring substituents is 1. The molecule has 0 radical (unpaired) electrons. The zero-order chi connectivity index (χ0) is 11.7. The highest BCUT2D eigenvalue weighted by Crippen LogP contribution is 2.32. The number of ether oxygens (including phenoxy) is 1. The maximum Gasteiger partial charge on any atom is 0.274 e. The van der Waals surface area contributed by atoms with Crippen molar-refractivity contribution < 1.29 is 9.66 Å². The van der Waals surface area contributed by atoms with Gasteiger partial charge in [0.15, 0.2) is 0 Å². The number of hydrogen-bond donors (Lipinski definition) is 0. The highest BCUT2D eigenvalue weighted by molar-refractivity contribution is 9.10. The second kappa shape index (κ2) is 4.59. The molecule has 1 aliphatic rings. The molecular weight excluding hydrogens is 297 g/mol.